The lowest BCUT2D eigenvalue weighted by molar-refractivity contribution is 0.283. The van der Waals surface area contributed by atoms with Crippen molar-refractivity contribution in [2.45, 2.75) is 13.0 Å². The number of nitrogens with one attached hydrogen (secondary N) is 1. The van der Waals surface area contributed by atoms with Crippen LogP contribution in [-0.4, -0.2) is 26.0 Å². The Morgan fingerprint density at radius 2 is 1.86 bits per heavy atom. The van der Waals surface area contributed by atoms with E-state index < -0.39 is 0 Å². The van der Waals surface area contributed by atoms with Crippen molar-refractivity contribution < 1.29 is 4.74 Å². The number of fused-ring (bicyclic) bond motifs is 1. The first kappa shape index (κ1) is 14.3. The van der Waals surface area contributed by atoms with Crippen molar-refractivity contribution in [1.29, 1.82) is 0 Å². The fourth-order valence-electron chi connectivity index (χ4n) is 2.30. The van der Waals surface area contributed by atoms with Crippen molar-refractivity contribution in [1.82, 2.24) is 0 Å². The molecule has 0 fully saturated rings. The maximum atomic E-state index is 5.88. The summed E-state index contributed by atoms with van der Waals surface area (Å²) >= 11 is 0. The topological polar surface area (TPSA) is 62.9 Å². The van der Waals surface area contributed by atoms with Crippen LogP contribution in [0.2, 0.25) is 0 Å². The van der Waals surface area contributed by atoms with Gasteiger partial charge in [0.15, 0.2) is 6.10 Å². The number of hydrogen-bond acceptors (Lipinski definition) is 5. The minimum absolute atomic E-state index is 0.150. The van der Waals surface area contributed by atoms with Gasteiger partial charge in [0.05, 0.1) is 0 Å². The molecule has 0 saturated carbocycles. The van der Waals surface area contributed by atoms with Gasteiger partial charge in [0.2, 0.25) is 0 Å². The third kappa shape index (κ3) is 2.83. The molecule has 3 rings (SSSR count). The van der Waals surface area contributed by atoms with Gasteiger partial charge in [-0.25, -0.2) is 4.99 Å². The van der Waals surface area contributed by atoms with Crippen LogP contribution in [0.3, 0.4) is 0 Å². The van der Waals surface area contributed by atoms with E-state index in [0.29, 0.717) is 5.69 Å². The largest absolute Gasteiger partial charge is 0.480 e. The summed E-state index contributed by atoms with van der Waals surface area (Å²) in [5, 5.41) is 3.33. The van der Waals surface area contributed by atoms with E-state index in [1.807, 2.05) is 45.3 Å². The summed E-state index contributed by atoms with van der Waals surface area (Å²) in [6.07, 6.45) is -0.150. The van der Waals surface area contributed by atoms with Crippen LogP contribution >= 0.6 is 0 Å². The van der Waals surface area contributed by atoms with Gasteiger partial charge in [0.25, 0.3) is 0 Å². The van der Waals surface area contributed by atoms with Crippen LogP contribution in [0.25, 0.3) is 0 Å². The zero-order valence-corrected chi connectivity index (χ0v) is 13.0. The summed E-state index contributed by atoms with van der Waals surface area (Å²) in [5.74, 6) is 1.51. The molecule has 3 N–H and O–H groups in total. The molecule has 0 amide bonds. The molecule has 1 aliphatic heterocycles. The predicted molar refractivity (Wildman–Crippen MR) is 92.4 cm³/mol. The van der Waals surface area contributed by atoms with Crippen LogP contribution in [0.5, 0.6) is 5.75 Å². The molecule has 0 aliphatic carbocycles. The predicted octanol–water partition coefficient (Wildman–Crippen LogP) is 3.26. The molecule has 2 aromatic carbocycles. The van der Waals surface area contributed by atoms with E-state index in [9.17, 15) is 0 Å². The molecule has 0 spiro atoms. The van der Waals surface area contributed by atoms with Crippen LogP contribution in [0, 0.1) is 0 Å². The molecule has 1 heterocycles. The van der Waals surface area contributed by atoms with Gasteiger partial charge in [0.1, 0.15) is 17.3 Å². The van der Waals surface area contributed by atoms with Crippen molar-refractivity contribution in [2.75, 3.05) is 30.0 Å². The van der Waals surface area contributed by atoms with Crippen molar-refractivity contribution in [3.05, 3.63) is 42.5 Å². The number of rotatable bonds is 2. The molecule has 0 radical (unpaired) electrons. The molecular formula is C17H20N4O. The number of benzene rings is 2. The van der Waals surface area contributed by atoms with Gasteiger partial charge < -0.3 is 20.7 Å². The fourth-order valence-corrected chi connectivity index (χ4v) is 2.30. The lowest BCUT2D eigenvalue weighted by Crippen LogP contribution is -2.32. The highest BCUT2D eigenvalue weighted by Crippen LogP contribution is 2.34. The van der Waals surface area contributed by atoms with Crippen LogP contribution in [0.1, 0.15) is 6.92 Å². The molecule has 2 aromatic rings. The van der Waals surface area contributed by atoms with E-state index in [2.05, 4.69) is 27.3 Å². The molecule has 114 valence electrons. The monoisotopic (exact) mass is 296 g/mol. The summed E-state index contributed by atoms with van der Waals surface area (Å²) in [4.78, 5) is 6.70. The third-order valence-electron chi connectivity index (χ3n) is 3.57. The maximum Gasteiger partial charge on any atom is 0.153 e. The highest BCUT2D eigenvalue weighted by atomic mass is 16.5. The molecular weight excluding hydrogens is 276 g/mol. The Kier molecular flexibility index (Phi) is 3.63. The van der Waals surface area contributed by atoms with Gasteiger partial charge in [-0.2, -0.15) is 0 Å². The normalized spacial score (nSPS) is 16.3. The van der Waals surface area contributed by atoms with Crippen LogP contribution < -0.4 is 20.7 Å². The number of nitrogen functional groups attached to an aromatic ring is 1. The SMILES string of the molecule is CC1Oc2cc(N)ccc2N=C1Nc1ccc(N(C)C)cc1. The van der Waals surface area contributed by atoms with E-state index in [1.165, 1.54) is 0 Å². The number of anilines is 3. The average molecular weight is 296 g/mol. The van der Waals surface area contributed by atoms with E-state index in [4.69, 9.17) is 10.5 Å². The van der Waals surface area contributed by atoms with Gasteiger partial charge in [0, 0.05) is 37.2 Å². The second-order valence-electron chi connectivity index (χ2n) is 5.55. The second-order valence-corrected chi connectivity index (χ2v) is 5.55. The maximum absolute atomic E-state index is 5.88. The van der Waals surface area contributed by atoms with Crippen molar-refractivity contribution in [3.63, 3.8) is 0 Å². The first-order chi connectivity index (χ1) is 10.5. The molecule has 5 nitrogen and oxygen atoms in total. The molecule has 1 unspecified atom stereocenters. The molecule has 0 bridgehead atoms. The third-order valence-corrected chi connectivity index (χ3v) is 3.57. The second kappa shape index (κ2) is 5.60. The first-order valence-corrected chi connectivity index (χ1v) is 7.22. The zero-order valence-electron chi connectivity index (χ0n) is 13.0. The number of nitrogens with zero attached hydrogens (tertiary/aromatic N) is 2. The van der Waals surface area contributed by atoms with Gasteiger partial charge in [-0.15, -0.1) is 0 Å². The number of hydrogen-bond donors (Lipinski definition) is 2. The van der Waals surface area contributed by atoms with Crippen molar-refractivity contribution in [3.8, 4) is 5.75 Å². The van der Waals surface area contributed by atoms with E-state index >= 15 is 0 Å². The lowest BCUT2D eigenvalue weighted by atomic mass is 10.2. The lowest BCUT2D eigenvalue weighted by Gasteiger charge is -2.24. The molecule has 0 saturated heterocycles. The highest BCUT2D eigenvalue weighted by Gasteiger charge is 2.20. The van der Waals surface area contributed by atoms with Crippen LogP contribution in [-0.2, 0) is 0 Å². The Labute approximate surface area is 130 Å². The zero-order chi connectivity index (χ0) is 15.7. The number of amidine groups is 1. The Balaban J connectivity index is 1.83. The summed E-state index contributed by atoms with van der Waals surface area (Å²) in [6, 6.07) is 13.7. The standard InChI is InChI=1S/C17H20N4O/c1-11-17(19-13-5-7-14(8-6-13)21(2)3)20-15-9-4-12(18)10-16(15)22-11/h4-11H,18H2,1-3H3,(H,19,20). The van der Waals surface area contributed by atoms with E-state index in [1.54, 1.807) is 6.07 Å². The van der Waals surface area contributed by atoms with Crippen LogP contribution in [0.4, 0.5) is 22.7 Å². The molecule has 22 heavy (non-hydrogen) atoms. The average Bonchev–Trinajstić information content (AvgIpc) is 2.49. The van der Waals surface area contributed by atoms with Gasteiger partial charge >= 0.3 is 0 Å². The summed E-state index contributed by atoms with van der Waals surface area (Å²) < 4.78 is 5.88. The van der Waals surface area contributed by atoms with Crippen molar-refractivity contribution >= 4 is 28.6 Å². The Hall–Kier alpha value is -2.69. The van der Waals surface area contributed by atoms with Gasteiger partial charge in [-0.1, -0.05) is 0 Å². The summed E-state index contributed by atoms with van der Waals surface area (Å²) in [6.45, 7) is 1.96. The number of ether oxygens (including phenoxy) is 1. The minimum Gasteiger partial charge on any atom is -0.480 e. The number of aliphatic imine (C=N–C) groups is 1. The van der Waals surface area contributed by atoms with E-state index in [-0.39, 0.29) is 6.10 Å². The Bertz CT molecular complexity index is 707. The van der Waals surface area contributed by atoms with Crippen LogP contribution in [0.15, 0.2) is 47.5 Å². The molecule has 1 aliphatic rings. The number of nitrogens with two attached hydrogens (primary N) is 1. The fraction of sp³-hybridized carbons (Fsp3) is 0.235. The van der Waals surface area contributed by atoms with Gasteiger partial charge in [-0.05, 0) is 43.3 Å². The molecule has 1 atom stereocenters. The molecule has 0 aromatic heterocycles. The first-order valence-electron chi connectivity index (χ1n) is 7.22. The van der Waals surface area contributed by atoms with Gasteiger partial charge in [-0.3, -0.25) is 0 Å². The quantitative estimate of drug-likeness (QED) is 0.835. The Morgan fingerprint density at radius 3 is 2.55 bits per heavy atom. The Morgan fingerprint density at radius 1 is 1.14 bits per heavy atom. The smallest absolute Gasteiger partial charge is 0.153 e. The van der Waals surface area contributed by atoms with Crippen molar-refractivity contribution in [2.24, 2.45) is 4.99 Å². The molecule has 5 heteroatoms. The minimum atomic E-state index is -0.150. The summed E-state index contributed by atoms with van der Waals surface area (Å²) in [5.41, 5.74) is 9.38. The van der Waals surface area contributed by atoms with E-state index in [0.717, 1.165) is 28.6 Å². The highest BCUT2D eigenvalue weighted by molar-refractivity contribution is 6.01. The summed E-state index contributed by atoms with van der Waals surface area (Å²) in [7, 11) is 4.04.